The first kappa shape index (κ1) is 18.3. The van der Waals surface area contributed by atoms with E-state index in [-0.39, 0.29) is 5.91 Å². The van der Waals surface area contributed by atoms with Gasteiger partial charge in [0.1, 0.15) is 11.6 Å². The molecule has 2 heterocycles. The zero-order chi connectivity index (χ0) is 17.8. The SMILES string of the molecule is CN1CCN(CC(=O)N2CCC(Cc3cc(F)cc(F)c3)CC2)CC1. The normalized spacial score (nSPS) is 20.8. The molecule has 0 spiro atoms. The molecule has 6 heteroatoms. The Hall–Kier alpha value is -1.53. The van der Waals surface area contributed by atoms with Gasteiger partial charge in [-0.3, -0.25) is 9.69 Å². The number of hydrogen-bond acceptors (Lipinski definition) is 3. The third-order valence-electron chi connectivity index (χ3n) is 5.37. The summed E-state index contributed by atoms with van der Waals surface area (Å²) < 4.78 is 26.6. The van der Waals surface area contributed by atoms with Crippen molar-refractivity contribution in [3.05, 3.63) is 35.4 Å². The minimum atomic E-state index is -0.519. The number of nitrogens with zero attached hydrogens (tertiary/aromatic N) is 3. The summed E-state index contributed by atoms with van der Waals surface area (Å²) >= 11 is 0. The highest BCUT2D eigenvalue weighted by atomic mass is 19.1. The molecule has 0 radical (unpaired) electrons. The van der Waals surface area contributed by atoms with Crippen molar-refractivity contribution in [2.75, 3.05) is 52.9 Å². The molecule has 2 saturated heterocycles. The summed E-state index contributed by atoms with van der Waals surface area (Å²) in [6.07, 6.45) is 2.47. The fourth-order valence-corrected chi connectivity index (χ4v) is 3.75. The quantitative estimate of drug-likeness (QED) is 0.830. The number of carbonyl (C=O) groups is 1. The fourth-order valence-electron chi connectivity index (χ4n) is 3.75. The number of rotatable bonds is 4. The van der Waals surface area contributed by atoms with Crippen LogP contribution in [-0.4, -0.2) is 73.5 Å². The van der Waals surface area contributed by atoms with Crippen LogP contribution in [0.15, 0.2) is 18.2 Å². The van der Waals surface area contributed by atoms with Crippen LogP contribution in [0.1, 0.15) is 18.4 Å². The number of piperazine rings is 1. The lowest BCUT2D eigenvalue weighted by Crippen LogP contribution is -2.50. The molecule has 0 bridgehead atoms. The summed E-state index contributed by atoms with van der Waals surface area (Å²) in [6, 6.07) is 3.73. The highest BCUT2D eigenvalue weighted by Crippen LogP contribution is 2.23. The van der Waals surface area contributed by atoms with Gasteiger partial charge in [0.2, 0.25) is 5.91 Å². The second kappa shape index (κ2) is 8.23. The van der Waals surface area contributed by atoms with Crippen molar-refractivity contribution in [3.8, 4) is 0 Å². The summed E-state index contributed by atoms with van der Waals surface area (Å²) in [4.78, 5) is 18.9. The van der Waals surface area contributed by atoms with Gasteiger partial charge in [-0.05, 0) is 49.9 Å². The third-order valence-corrected chi connectivity index (χ3v) is 5.37. The van der Waals surface area contributed by atoms with Crippen molar-refractivity contribution in [2.24, 2.45) is 5.92 Å². The van der Waals surface area contributed by atoms with E-state index in [1.54, 1.807) is 0 Å². The number of benzene rings is 1. The van der Waals surface area contributed by atoms with E-state index >= 15 is 0 Å². The Bertz CT molecular complexity index is 574. The highest BCUT2D eigenvalue weighted by Gasteiger charge is 2.25. The Labute approximate surface area is 148 Å². The lowest BCUT2D eigenvalue weighted by atomic mass is 9.90. The van der Waals surface area contributed by atoms with Gasteiger partial charge in [-0.2, -0.15) is 0 Å². The lowest BCUT2D eigenvalue weighted by Gasteiger charge is -2.36. The number of halogens is 2. The van der Waals surface area contributed by atoms with Gasteiger partial charge in [0.15, 0.2) is 0 Å². The summed E-state index contributed by atoms with van der Waals surface area (Å²) in [5, 5.41) is 0. The number of hydrogen-bond donors (Lipinski definition) is 0. The van der Waals surface area contributed by atoms with Crippen LogP contribution in [0.4, 0.5) is 8.78 Å². The predicted molar refractivity (Wildman–Crippen MR) is 93.3 cm³/mol. The van der Waals surface area contributed by atoms with Crippen molar-refractivity contribution in [1.82, 2.24) is 14.7 Å². The van der Waals surface area contributed by atoms with Crippen molar-refractivity contribution >= 4 is 5.91 Å². The first-order valence-corrected chi connectivity index (χ1v) is 9.13. The maximum absolute atomic E-state index is 13.3. The van der Waals surface area contributed by atoms with Gasteiger partial charge in [0.25, 0.3) is 0 Å². The Balaban J connectivity index is 1.44. The standard InChI is InChI=1S/C19H27F2N3O/c1-22-6-8-23(9-7-22)14-19(25)24-4-2-15(3-5-24)10-16-11-17(20)13-18(21)12-16/h11-13,15H,2-10,14H2,1H3. The van der Waals surface area contributed by atoms with E-state index in [1.165, 1.54) is 12.1 Å². The number of likely N-dealkylation sites (N-methyl/N-ethyl adjacent to an activating group) is 1. The van der Waals surface area contributed by atoms with Gasteiger partial charge in [0, 0.05) is 45.3 Å². The van der Waals surface area contributed by atoms with E-state index in [1.807, 2.05) is 4.90 Å². The number of piperidine rings is 1. The molecule has 0 saturated carbocycles. The molecule has 138 valence electrons. The van der Waals surface area contributed by atoms with Crippen LogP contribution in [-0.2, 0) is 11.2 Å². The molecule has 1 amide bonds. The Morgan fingerprint density at radius 1 is 1.00 bits per heavy atom. The maximum atomic E-state index is 13.3. The first-order chi connectivity index (χ1) is 12.0. The molecule has 2 aliphatic rings. The average Bonchev–Trinajstić information content (AvgIpc) is 2.56. The van der Waals surface area contributed by atoms with Crippen LogP contribution >= 0.6 is 0 Å². The zero-order valence-corrected chi connectivity index (χ0v) is 14.9. The summed E-state index contributed by atoms with van der Waals surface area (Å²) in [6.45, 7) is 5.92. The molecule has 1 aromatic rings. The molecule has 0 aliphatic carbocycles. The van der Waals surface area contributed by atoms with E-state index in [4.69, 9.17) is 0 Å². The first-order valence-electron chi connectivity index (χ1n) is 9.13. The van der Waals surface area contributed by atoms with Crippen molar-refractivity contribution in [3.63, 3.8) is 0 Å². The van der Waals surface area contributed by atoms with E-state index in [9.17, 15) is 13.6 Å². The molecule has 2 fully saturated rings. The van der Waals surface area contributed by atoms with Crippen molar-refractivity contribution in [1.29, 1.82) is 0 Å². The van der Waals surface area contributed by atoms with E-state index in [2.05, 4.69) is 16.8 Å². The largest absolute Gasteiger partial charge is 0.342 e. The van der Waals surface area contributed by atoms with Gasteiger partial charge in [-0.25, -0.2) is 8.78 Å². The molecule has 4 nitrogen and oxygen atoms in total. The lowest BCUT2D eigenvalue weighted by molar-refractivity contribution is -0.134. The predicted octanol–water partition coefficient (Wildman–Crippen LogP) is 1.99. The van der Waals surface area contributed by atoms with Gasteiger partial charge in [0.05, 0.1) is 6.54 Å². The summed E-state index contributed by atoms with van der Waals surface area (Å²) in [7, 11) is 2.11. The van der Waals surface area contributed by atoms with Crippen LogP contribution in [0, 0.1) is 17.6 Å². The van der Waals surface area contributed by atoms with Gasteiger partial charge in [-0.1, -0.05) is 0 Å². The smallest absolute Gasteiger partial charge is 0.236 e. The van der Waals surface area contributed by atoms with Crippen LogP contribution in [0.2, 0.25) is 0 Å². The minimum Gasteiger partial charge on any atom is -0.342 e. The molecule has 3 rings (SSSR count). The van der Waals surface area contributed by atoms with Crippen LogP contribution in [0.3, 0.4) is 0 Å². The maximum Gasteiger partial charge on any atom is 0.236 e. The Kier molecular flexibility index (Phi) is 6.02. The third kappa shape index (κ3) is 5.22. The van der Waals surface area contributed by atoms with Gasteiger partial charge >= 0.3 is 0 Å². The second-order valence-corrected chi connectivity index (χ2v) is 7.39. The van der Waals surface area contributed by atoms with Gasteiger partial charge < -0.3 is 9.80 Å². The Morgan fingerprint density at radius 3 is 2.20 bits per heavy atom. The van der Waals surface area contributed by atoms with E-state index < -0.39 is 11.6 Å². The molecule has 1 aromatic carbocycles. The topological polar surface area (TPSA) is 26.8 Å². The molecule has 0 unspecified atom stereocenters. The molecule has 0 atom stereocenters. The monoisotopic (exact) mass is 351 g/mol. The molecule has 25 heavy (non-hydrogen) atoms. The molecular formula is C19H27F2N3O. The van der Waals surface area contributed by atoms with Gasteiger partial charge in [-0.15, -0.1) is 0 Å². The average molecular weight is 351 g/mol. The molecule has 0 N–H and O–H groups in total. The molecule has 2 aliphatic heterocycles. The second-order valence-electron chi connectivity index (χ2n) is 7.39. The number of carbonyl (C=O) groups excluding carboxylic acids is 1. The number of likely N-dealkylation sites (tertiary alicyclic amines) is 1. The Morgan fingerprint density at radius 2 is 1.60 bits per heavy atom. The van der Waals surface area contributed by atoms with Crippen molar-refractivity contribution < 1.29 is 13.6 Å². The molecule has 0 aromatic heterocycles. The van der Waals surface area contributed by atoms with Crippen molar-refractivity contribution in [2.45, 2.75) is 19.3 Å². The summed E-state index contributed by atoms with van der Waals surface area (Å²) in [5.74, 6) is -0.446. The highest BCUT2D eigenvalue weighted by molar-refractivity contribution is 5.78. The van der Waals surface area contributed by atoms with Crippen LogP contribution in [0.5, 0.6) is 0 Å². The zero-order valence-electron chi connectivity index (χ0n) is 14.9. The fraction of sp³-hybridized carbons (Fsp3) is 0.632. The van der Waals surface area contributed by atoms with Crippen LogP contribution in [0.25, 0.3) is 0 Å². The van der Waals surface area contributed by atoms with Crippen LogP contribution < -0.4 is 0 Å². The van der Waals surface area contributed by atoms with E-state index in [0.29, 0.717) is 24.4 Å². The van der Waals surface area contributed by atoms with E-state index in [0.717, 1.165) is 58.2 Å². The minimum absolute atomic E-state index is 0.208. The molecular weight excluding hydrogens is 324 g/mol. The summed E-state index contributed by atoms with van der Waals surface area (Å²) in [5.41, 5.74) is 0.708. The number of amides is 1.